The first-order chi connectivity index (χ1) is 8.49. The van der Waals surface area contributed by atoms with Crippen molar-refractivity contribution in [3.63, 3.8) is 0 Å². The number of nitrogens with zero attached hydrogens (tertiary/aromatic N) is 1. The molecule has 1 aliphatic carbocycles. The van der Waals surface area contributed by atoms with E-state index in [1.54, 1.807) is 0 Å². The van der Waals surface area contributed by atoms with Gasteiger partial charge in [0, 0.05) is 12.5 Å². The number of aliphatic carboxylic acids is 1. The maximum absolute atomic E-state index is 12.3. The lowest BCUT2D eigenvalue weighted by atomic mass is 9.96. The maximum Gasteiger partial charge on any atom is 0.326 e. The summed E-state index contributed by atoms with van der Waals surface area (Å²) in [5, 5.41) is 19.2. The van der Waals surface area contributed by atoms with E-state index in [1.165, 1.54) is 18.7 Å². The van der Waals surface area contributed by atoms with Crippen molar-refractivity contribution in [1.82, 2.24) is 4.90 Å². The highest BCUT2D eigenvalue weighted by molar-refractivity contribution is 5.89. The molecule has 1 saturated heterocycles. The summed E-state index contributed by atoms with van der Waals surface area (Å²) in [6.07, 6.45) is 0. The minimum absolute atomic E-state index is 0.0112. The number of amides is 1. The molecule has 108 valence electrons. The van der Waals surface area contributed by atoms with Gasteiger partial charge < -0.3 is 20.8 Å². The first-order valence-electron chi connectivity index (χ1n) is 6.51. The topological polar surface area (TPSA) is 104 Å². The molecular formula is C13H22N2O4. The normalized spacial score (nSPS) is 33.8. The van der Waals surface area contributed by atoms with Crippen molar-refractivity contribution in [2.24, 2.45) is 23.0 Å². The fraction of sp³-hybridized carbons (Fsp3) is 0.846. The van der Waals surface area contributed by atoms with Crippen LogP contribution in [0.5, 0.6) is 0 Å². The van der Waals surface area contributed by atoms with Gasteiger partial charge in [-0.25, -0.2) is 4.79 Å². The Morgan fingerprint density at radius 1 is 1.42 bits per heavy atom. The standard InChI is InChI=1S/C13H22N2O4/c1-12(2)6-5-15(8(7(6)12)11(17)18)10(16)9(14)13(3,4)19/h6-9,19H,5,14H2,1-4H3,(H,17,18)/t6-,7-,8-,9+/m0/s1. The van der Waals surface area contributed by atoms with Crippen LogP contribution in [0.4, 0.5) is 0 Å². The van der Waals surface area contributed by atoms with Crippen molar-refractivity contribution in [1.29, 1.82) is 0 Å². The molecule has 1 aliphatic heterocycles. The largest absolute Gasteiger partial charge is 0.480 e. The lowest BCUT2D eigenvalue weighted by Crippen LogP contribution is -2.58. The van der Waals surface area contributed by atoms with Crippen LogP contribution in [0.25, 0.3) is 0 Å². The van der Waals surface area contributed by atoms with Crippen LogP contribution in [-0.4, -0.2) is 51.2 Å². The van der Waals surface area contributed by atoms with Crippen LogP contribution in [0.1, 0.15) is 27.7 Å². The van der Waals surface area contributed by atoms with Gasteiger partial charge in [0.25, 0.3) is 0 Å². The summed E-state index contributed by atoms with van der Waals surface area (Å²) in [5.41, 5.74) is 4.34. The Bertz CT molecular complexity index is 427. The van der Waals surface area contributed by atoms with Gasteiger partial charge in [-0.2, -0.15) is 0 Å². The zero-order valence-electron chi connectivity index (χ0n) is 11.8. The molecule has 0 spiro atoms. The molecule has 0 radical (unpaired) electrons. The van der Waals surface area contributed by atoms with Crippen LogP contribution in [0, 0.1) is 17.3 Å². The zero-order chi connectivity index (χ0) is 14.7. The van der Waals surface area contributed by atoms with E-state index in [0.29, 0.717) is 6.54 Å². The Kier molecular flexibility index (Phi) is 2.95. The van der Waals surface area contributed by atoms with E-state index in [4.69, 9.17) is 5.73 Å². The van der Waals surface area contributed by atoms with Gasteiger partial charge >= 0.3 is 5.97 Å². The molecule has 6 nitrogen and oxygen atoms in total. The van der Waals surface area contributed by atoms with Gasteiger partial charge in [0.1, 0.15) is 12.1 Å². The van der Waals surface area contributed by atoms with Crippen molar-refractivity contribution in [2.75, 3.05) is 6.54 Å². The first kappa shape index (κ1) is 14.3. The van der Waals surface area contributed by atoms with Crippen LogP contribution in [-0.2, 0) is 9.59 Å². The van der Waals surface area contributed by atoms with Crippen molar-refractivity contribution in [2.45, 2.75) is 45.4 Å². The molecule has 0 bridgehead atoms. The molecule has 4 N–H and O–H groups in total. The van der Waals surface area contributed by atoms with E-state index in [2.05, 4.69) is 0 Å². The summed E-state index contributed by atoms with van der Waals surface area (Å²) >= 11 is 0. The van der Waals surface area contributed by atoms with E-state index in [0.717, 1.165) is 0 Å². The summed E-state index contributed by atoms with van der Waals surface area (Å²) < 4.78 is 0. The smallest absolute Gasteiger partial charge is 0.326 e. The Labute approximate surface area is 112 Å². The second-order valence-corrected chi connectivity index (χ2v) is 6.86. The van der Waals surface area contributed by atoms with Crippen LogP contribution in [0.15, 0.2) is 0 Å². The summed E-state index contributed by atoms with van der Waals surface area (Å²) in [5.74, 6) is -1.27. The van der Waals surface area contributed by atoms with Crippen LogP contribution < -0.4 is 5.73 Å². The second kappa shape index (κ2) is 3.93. The fourth-order valence-electron chi connectivity index (χ4n) is 3.28. The molecule has 2 aliphatic rings. The number of piperidine rings is 1. The van der Waals surface area contributed by atoms with E-state index >= 15 is 0 Å². The average Bonchev–Trinajstić information content (AvgIpc) is 2.65. The number of aliphatic hydroxyl groups is 1. The summed E-state index contributed by atoms with van der Waals surface area (Å²) in [7, 11) is 0. The Morgan fingerprint density at radius 2 is 1.95 bits per heavy atom. The quantitative estimate of drug-likeness (QED) is 0.650. The van der Waals surface area contributed by atoms with Crippen molar-refractivity contribution < 1.29 is 19.8 Å². The monoisotopic (exact) mass is 270 g/mol. The number of fused-ring (bicyclic) bond motifs is 1. The predicted octanol–water partition coefficient (Wildman–Crippen LogP) is -0.348. The third kappa shape index (κ3) is 2.03. The fourth-order valence-corrected chi connectivity index (χ4v) is 3.28. The Morgan fingerprint density at radius 3 is 2.37 bits per heavy atom. The minimum Gasteiger partial charge on any atom is -0.480 e. The van der Waals surface area contributed by atoms with Gasteiger partial charge in [-0.3, -0.25) is 4.79 Å². The number of nitrogens with two attached hydrogens (primary N) is 1. The number of carbonyl (C=O) groups is 2. The van der Waals surface area contributed by atoms with Crippen molar-refractivity contribution in [3.05, 3.63) is 0 Å². The molecule has 1 saturated carbocycles. The van der Waals surface area contributed by atoms with Gasteiger partial charge in [-0.1, -0.05) is 13.8 Å². The molecule has 1 heterocycles. The molecule has 19 heavy (non-hydrogen) atoms. The van der Waals surface area contributed by atoms with Crippen LogP contribution >= 0.6 is 0 Å². The van der Waals surface area contributed by atoms with E-state index in [1.807, 2.05) is 13.8 Å². The van der Waals surface area contributed by atoms with Crippen LogP contribution in [0.3, 0.4) is 0 Å². The van der Waals surface area contributed by atoms with Gasteiger partial charge in [0.15, 0.2) is 0 Å². The Balaban J connectivity index is 2.19. The summed E-state index contributed by atoms with van der Waals surface area (Å²) in [6.45, 7) is 7.36. The van der Waals surface area contributed by atoms with Gasteiger partial charge in [-0.05, 0) is 25.2 Å². The Hall–Kier alpha value is -1.14. The molecular weight excluding hydrogens is 248 g/mol. The zero-order valence-corrected chi connectivity index (χ0v) is 11.8. The van der Waals surface area contributed by atoms with Gasteiger partial charge in [0.2, 0.25) is 5.91 Å². The highest BCUT2D eigenvalue weighted by atomic mass is 16.4. The minimum atomic E-state index is -1.36. The van der Waals surface area contributed by atoms with Gasteiger partial charge in [-0.15, -0.1) is 0 Å². The number of likely N-dealkylation sites (tertiary alicyclic amines) is 1. The third-order valence-electron chi connectivity index (χ3n) is 4.77. The summed E-state index contributed by atoms with van der Waals surface area (Å²) in [6, 6.07) is -1.92. The maximum atomic E-state index is 12.3. The molecule has 0 aromatic carbocycles. The number of carboxylic acids is 1. The highest BCUT2D eigenvalue weighted by Crippen LogP contribution is 2.64. The number of hydrogen-bond acceptors (Lipinski definition) is 4. The summed E-state index contributed by atoms with van der Waals surface area (Å²) in [4.78, 5) is 25.0. The molecule has 0 aromatic heterocycles. The molecule has 0 aromatic rings. The lowest BCUT2D eigenvalue weighted by Gasteiger charge is -2.33. The van der Waals surface area contributed by atoms with Gasteiger partial charge in [0.05, 0.1) is 5.60 Å². The highest BCUT2D eigenvalue weighted by Gasteiger charge is 2.69. The lowest BCUT2D eigenvalue weighted by molar-refractivity contribution is -0.153. The second-order valence-electron chi connectivity index (χ2n) is 6.86. The first-order valence-corrected chi connectivity index (χ1v) is 6.51. The molecule has 4 atom stereocenters. The third-order valence-corrected chi connectivity index (χ3v) is 4.77. The molecule has 0 unspecified atom stereocenters. The number of hydrogen-bond donors (Lipinski definition) is 3. The van der Waals surface area contributed by atoms with E-state index in [9.17, 15) is 19.8 Å². The van der Waals surface area contributed by atoms with Crippen molar-refractivity contribution >= 4 is 11.9 Å². The van der Waals surface area contributed by atoms with Crippen LogP contribution in [0.2, 0.25) is 0 Å². The molecule has 2 rings (SSSR count). The molecule has 1 amide bonds. The average molecular weight is 270 g/mol. The predicted molar refractivity (Wildman–Crippen MR) is 68.2 cm³/mol. The molecule has 2 fully saturated rings. The SMILES string of the molecule is CC(C)(O)[C@H](N)C(=O)N1C[C@H]2[C@@H]([C@H]1C(=O)O)C2(C)C. The number of rotatable bonds is 3. The van der Waals surface area contributed by atoms with Crippen molar-refractivity contribution in [3.8, 4) is 0 Å². The molecule has 6 heteroatoms. The van der Waals surface area contributed by atoms with E-state index in [-0.39, 0.29) is 17.3 Å². The number of carbonyl (C=O) groups excluding carboxylic acids is 1. The number of carboxylic acid groups (broad SMARTS) is 1. The van der Waals surface area contributed by atoms with E-state index < -0.39 is 29.6 Å².